The molecule has 10 nitrogen and oxygen atoms in total. The van der Waals surface area contributed by atoms with Crippen molar-refractivity contribution in [1.82, 2.24) is 29.9 Å². The maximum atomic E-state index is 13.5. The molecule has 2 aliphatic rings. The highest BCUT2D eigenvalue weighted by atomic mass is 16.5. The number of hydrogen-bond acceptors (Lipinski definition) is 8. The van der Waals surface area contributed by atoms with Crippen LogP contribution in [0.2, 0.25) is 0 Å². The molecule has 1 aromatic carbocycles. The summed E-state index contributed by atoms with van der Waals surface area (Å²) < 4.78 is 12.5. The second kappa shape index (κ2) is 8.60. The van der Waals surface area contributed by atoms with Gasteiger partial charge < -0.3 is 19.3 Å². The number of anilines is 1. The van der Waals surface area contributed by atoms with Gasteiger partial charge in [-0.05, 0) is 53.8 Å². The molecule has 1 atom stereocenters. The Hall–Kier alpha value is -3.43. The molecular formula is C22H27N7O3. The SMILES string of the molecule is COc1ccc(C2CCCN2C(=O)C2CCN(c3cncc4nnnn34)CC2)cc1OC. The van der Waals surface area contributed by atoms with Crippen LogP contribution in [0.3, 0.4) is 0 Å². The lowest BCUT2D eigenvalue weighted by Crippen LogP contribution is -2.43. The van der Waals surface area contributed by atoms with Gasteiger partial charge >= 0.3 is 0 Å². The van der Waals surface area contributed by atoms with Gasteiger partial charge in [-0.3, -0.25) is 9.78 Å². The largest absolute Gasteiger partial charge is 0.493 e. The van der Waals surface area contributed by atoms with Gasteiger partial charge in [0, 0.05) is 25.6 Å². The smallest absolute Gasteiger partial charge is 0.226 e. The van der Waals surface area contributed by atoms with Gasteiger partial charge in [0.05, 0.1) is 32.7 Å². The average molecular weight is 438 g/mol. The number of tetrazole rings is 1. The van der Waals surface area contributed by atoms with E-state index in [2.05, 4.69) is 30.3 Å². The number of benzene rings is 1. The van der Waals surface area contributed by atoms with Crippen molar-refractivity contribution in [1.29, 1.82) is 0 Å². The summed E-state index contributed by atoms with van der Waals surface area (Å²) in [5.74, 6) is 2.53. The first-order chi connectivity index (χ1) is 15.7. The van der Waals surface area contributed by atoms with Gasteiger partial charge in [-0.25, -0.2) is 0 Å². The third-order valence-electron chi connectivity index (χ3n) is 6.59. The van der Waals surface area contributed by atoms with E-state index in [9.17, 15) is 4.79 Å². The Kier molecular flexibility index (Phi) is 5.50. The van der Waals surface area contributed by atoms with E-state index in [4.69, 9.17) is 9.47 Å². The number of piperidine rings is 1. The third-order valence-corrected chi connectivity index (χ3v) is 6.59. The zero-order valence-electron chi connectivity index (χ0n) is 18.3. The molecule has 1 amide bonds. The average Bonchev–Trinajstić information content (AvgIpc) is 3.53. The van der Waals surface area contributed by atoms with E-state index < -0.39 is 0 Å². The lowest BCUT2D eigenvalue weighted by Gasteiger charge is -2.35. The molecule has 0 aliphatic carbocycles. The van der Waals surface area contributed by atoms with E-state index in [0.717, 1.165) is 56.7 Å². The fourth-order valence-electron chi connectivity index (χ4n) is 4.91. The van der Waals surface area contributed by atoms with Crippen molar-refractivity contribution in [3.63, 3.8) is 0 Å². The minimum absolute atomic E-state index is 0.0213. The molecule has 2 aliphatic heterocycles. The number of amides is 1. The van der Waals surface area contributed by atoms with E-state index in [0.29, 0.717) is 17.1 Å². The van der Waals surface area contributed by atoms with Crippen LogP contribution in [0.5, 0.6) is 11.5 Å². The Morgan fingerprint density at radius 3 is 2.62 bits per heavy atom. The summed E-state index contributed by atoms with van der Waals surface area (Å²) in [6.07, 6.45) is 6.99. The Morgan fingerprint density at radius 1 is 1.03 bits per heavy atom. The molecule has 2 saturated heterocycles. The van der Waals surface area contributed by atoms with E-state index >= 15 is 0 Å². The molecule has 0 spiro atoms. The second-order valence-electron chi connectivity index (χ2n) is 8.28. The summed E-state index contributed by atoms with van der Waals surface area (Å²) in [7, 11) is 3.27. The van der Waals surface area contributed by atoms with Crippen molar-refractivity contribution in [3.05, 3.63) is 36.2 Å². The Balaban J connectivity index is 1.28. The van der Waals surface area contributed by atoms with Gasteiger partial charge in [-0.1, -0.05) is 6.07 Å². The molecule has 0 saturated carbocycles. The van der Waals surface area contributed by atoms with Gasteiger partial charge in [-0.2, -0.15) is 4.52 Å². The van der Waals surface area contributed by atoms with E-state index in [1.807, 2.05) is 18.2 Å². The van der Waals surface area contributed by atoms with Crippen LogP contribution in [-0.4, -0.2) is 69.7 Å². The molecule has 1 unspecified atom stereocenters. The summed E-state index contributed by atoms with van der Waals surface area (Å²) in [6, 6.07) is 6.04. The van der Waals surface area contributed by atoms with Crippen LogP contribution in [0.15, 0.2) is 30.6 Å². The van der Waals surface area contributed by atoms with Gasteiger partial charge in [0.1, 0.15) is 0 Å². The number of hydrogen-bond donors (Lipinski definition) is 0. The normalized spacial score (nSPS) is 19.5. The lowest BCUT2D eigenvalue weighted by molar-refractivity contribution is -0.137. The Morgan fingerprint density at radius 2 is 1.84 bits per heavy atom. The predicted octanol–water partition coefficient (Wildman–Crippen LogP) is 2.12. The fraction of sp³-hybridized carbons (Fsp3) is 0.500. The van der Waals surface area contributed by atoms with E-state index in [1.165, 1.54) is 0 Å². The number of likely N-dealkylation sites (tertiary alicyclic amines) is 1. The number of carbonyl (C=O) groups is 1. The zero-order valence-corrected chi connectivity index (χ0v) is 18.3. The summed E-state index contributed by atoms with van der Waals surface area (Å²) in [6.45, 7) is 2.34. The number of methoxy groups -OCH3 is 2. The second-order valence-corrected chi connectivity index (χ2v) is 8.28. The van der Waals surface area contributed by atoms with Gasteiger partial charge in [0.25, 0.3) is 0 Å². The van der Waals surface area contributed by atoms with E-state index in [-0.39, 0.29) is 17.9 Å². The number of ether oxygens (including phenoxy) is 2. The van der Waals surface area contributed by atoms with E-state index in [1.54, 1.807) is 31.1 Å². The first-order valence-corrected chi connectivity index (χ1v) is 11.0. The topological polar surface area (TPSA) is 98.0 Å². The summed E-state index contributed by atoms with van der Waals surface area (Å²) >= 11 is 0. The minimum Gasteiger partial charge on any atom is -0.493 e. The Labute approximate surface area is 186 Å². The maximum absolute atomic E-state index is 13.5. The van der Waals surface area contributed by atoms with Crippen molar-refractivity contribution in [2.45, 2.75) is 31.7 Å². The minimum atomic E-state index is 0.0213. The van der Waals surface area contributed by atoms with Crippen LogP contribution in [-0.2, 0) is 4.79 Å². The maximum Gasteiger partial charge on any atom is 0.226 e. The number of rotatable bonds is 5. The molecule has 4 heterocycles. The van der Waals surface area contributed by atoms with Gasteiger partial charge in [0.2, 0.25) is 5.91 Å². The van der Waals surface area contributed by atoms with Crippen LogP contribution < -0.4 is 14.4 Å². The molecule has 5 rings (SSSR count). The standard InChI is InChI=1S/C22H27N7O3/c1-31-18-6-5-16(12-19(18)32-2)17-4-3-9-28(17)22(30)15-7-10-27(11-8-15)21-14-23-13-20-24-25-26-29(20)21/h5-6,12-15,17H,3-4,7-11H2,1-2H3. The van der Waals surface area contributed by atoms with Crippen molar-refractivity contribution in [2.24, 2.45) is 5.92 Å². The number of fused-ring (bicyclic) bond motifs is 1. The molecule has 32 heavy (non-hydrogen) atoms. The van der Waals surface area contributed by atoms with Crippen LogP contribution in [0.1, 0.15) is 37.3 Å². The summed E-state index contributed by atoms with van der Waals surface area (Å²) in [5, 5.41) is 11.8. The van der Waals surface area contributed by atoms with Crippen LogP contribution in [0, 0.1) is 5.92 Å². The highest BCUT2D eigenvalue weighted by Gasteiger charge is 2.36. The molecule has 2 aromatic heterocycles. The summed E-state index contributed by atoms with van der Waals surface area (Å²) in [5.41, 5.74) is 1.72. The first kappa shape index (κ1) is 20.5. The Bertz CT molecular complexity index is 1110. The van der Waals surface area contributed by atoms with Crippen LogP contribution >= 0.6 is 0 Å². The van der Waals surface area contributed by atoms with Crippen LogP contribution in [0.4, 0.5) is 5.82 Å². The molecule has 2 fully saturated rings. The fourth-order valence-corrected chi connectivity index (χ4v) is 4.91. The zero-order chi connectivity index (χ0) is 22.1. The van der Waals surface area contributed by atoms with Gasteiger partial charge in [-0.15, -0.1) is 5.10 Å². The third kappa shape index (κ3) is 3.59. The number of nitrogens with zero attached hydrogens (tertiary/aromatic N) is 7. The van der Waals surface area contributed by atoms with Gasteiger partial charge in [0.15, 0.2) is 23.0 Å². The predicted molar refractivity (Wildman–Crippen MR) is 117 cm³/mol. The molecule has 10 heteroatoms. The highest BCUT2D eigenvalue weighted by Crippen LogP contribution is 2.38. The molecule has 0 bridgehead atoms. The molecule has 0 N–H and O–H groups in total. The monoisotopic (exact) mass is 437 g/mol. The lowest BCUT2D eigenvalue weighted by atomic mass is 9.94. The molecule has 3 aromatic rings. The number of aromatic nitrogens is 5. The first-order valence-electron chi connectivity index (χ1n) is 11.0. The van der Waals surface area contributed by atoms with Crippen molar-refractivity contribution in [3.8, 4) is 11.5 Å². The number of carbonyl (C=O) groups excluding carboxylic acids is 1. The van der Waals surface area contributed by atoms with Crippen molar-refractivity contribution >= 4 is 17.4 Å². The molecule has 0 radical (unpaired) electrons. The summed E-state index contributed by atoms with van der Waals surface area (Å²) in [4.78, 5) is 22.0. The van der Waals surface area contributed by atoms with Crippen molar-refractivity contribution < 1.29 is 14.3 Å². The van der Waals surface area contributed by atoms with Crippen molar-refractivity contribution in [2.75, 3.05) is 38.8 Å². The highest BCUT2D eigenvalue weighted by molar-refractivity contribution is 5.80. The molecular weight excluding hydrogens is 410 g/mol. The van der Waals surface area contributed by atoms with Crippen LogP contribution in [0.25, 0.3) is 5.65 Å². The quantitative estimate of drug-likeness (QED) is 0.599. The molecule has 168 valence electrons.